The molecule has 8 heteroatoms. The summed E-state index contributed by atoms with van der Waals surface area (Å²) in [6.07, 6.45) is 0. The monoisotopic (exact) mass is 443 g/mol. The van der Waals surface area contributed by atoms with Crippen molar-refractivity contribution in [2.45, 2.75) is 6.54 Å². The number of amides is 1. The molecule has 2 aromatic rings. The van der Waals surface area contributed by atoms with Gasteiger partial charge in [-0.15, -0.1) is 24.0 Å². The van der Waals surface area contributed by atoms with Crippen molar-refractivity contribution in [1.82, 2.24) is 20.7 Å². The Morgan fingerprint density at radius 1 is 1.25 bits per heavy atom. The van der Waals surface area contributed by atoms with Gasteiger partial charge in [-0.3, -0.25) is 9.79 Å². The van der Waals surface area contributed by atoms with E-state index in [0.29, 0.717) is 18.3 Å². The van der Waals surface area contributed by atoms with Crippen molar-refractivity contribution < 1.29 is 9.32 Å². The summed E-state index contributed by atoms with van der Waals surface area (Å²) in [5.41, 5.74) is 1.79. The van der Waals surface area contributed by atoms with E-state index in [-0.39, 0.29) is 36.4 Å². The Balaban J connectivity index is 0.00000288. The highest BCUT2D eigenvalue weighted by atomic mass is 127. The molecule has 0 fully saturated rings. The number of carbonyl (C=O) groups excluding carboxylic acids is 1. The summed E-state index contributed by atoms with van der Waals surface area (Å²) >= 11 is 0. The molecule has 0 radical (unpaired) electrons. The van der Waals surface area contributed by atoms with Crippen LogP contribution in [0.4, 0.5) is 0 Å². The number of guanidine groups is 1. The van der Waals surface area contributed by atoms with Crippen LogP contribution in [0.1, 0.15) is 5.76 Å². The maximum atomic E-state index is 11.5. The van der Waals surface area contributed by atoms with Crippen molar-refractivity contribution in [1.29, 1.82) is 0 Å². The average molecular weight is 443 g/mol. The number of aromatic nitrogens is 1. The second-order valence-electron chi connectivity index (χ2n) is 5.11. The Labute approximate surface area is 158 Å². The molecule has 0 unspecified atom stereocenters. The standard InChI is InChI=1S/C16H21N5O2.HI/c1-17-16(19-11-15(22)21(2)3)18-10-13-9-14(20-23-13)12-7-5-4-6-8-12;/h4-9H,10-11H2,1-3H3,(H2,17,18,19);1H. The van der Waals surface area contributed by atoms with Crippen molar-refractivity contribution in [3.8, 4) is 11.3 Å². The van der Waals surface area contributed by atoms with Gasteiger partial charge in [0.25, 0.3) is 0 Å². The van der Waals surface area contributed by atoms with Crippen molar-refractivity contribution in [3.63, 3.8) is 0 Å². The molecular weight excluding hydrogens is 421 g/mol. The molecule has 7 nitrogen and oxygen atoms in total. The predicted octanol–water partition coefficient (Wildman–Crippen LogP) is 1.71. The Hall–Kier alpha value is -2.10. The molecule has 24 heavy (non-hydrogen) atoms. The molecule has 0 saturated heterocycles. The third kappa shape index (κ3) is 5.84. The van der Waals surface area contributed by atoms with E-state index in [0.717, 1.165) is 11.3 Å². The van der Waals surface area contributed by atoms with Crippen LogP contribution in [0.5, 0.6) is 0 Å². The molecule has 0 aliphatic carbocycles. The number of carbonyl (C=O) groups is 1. The molecular formula is C16H22IN5O2. The van der Waals surface area contributed by atoms with Gasteiger partial charge < -0.3 is 20.1 Å². The number of hydrogen-bond acceptors (Lipinski definition) is 4. The van der Waals surface area contributed by atoms with Gasteiger partial charge in [0.2, 0.25) is 5.91 Å². The average Bonchev–Trinajstić information content (AvgIpc) is 3.04. The van der Waals surface area contributed by atoms with Gasteiger partial charge in [0.1, 0.15) is 5.69 Å². The fourth-order valence-corrected chi connectivity index (χ4v) is 1.85. The molecule has 0 saturated carbocycles. The van der Waals surface area contributed by atoms with E-state index in [9.17, 15) is 4.79 Å². The van der Waals surface area contributed by atoms with Gasteiger partial charge in [-0.05, 0) is 0 Å². The third-order valence-corrected chi connectivity index (χ3v) is 3.19. The molecule has 2 N–H and O–H groups in total. The van der Waals surface area contributed by atoms with E-state index in [2.05, 4.69) is 20.8 Å². The summed E-state index contributed by atoms with van der Waals surface area (Å²) in [5.74, 6) is 1.18. The van der Waals surface area contributed by atoms with E-state index in [4.69, 9.17) is 4.52 Å². The summed E-state index contributed by atoms with van der Waals surface area (Å²) in [6, 6.07) is 11.7. The van der Waals surface area contributed by atoms with Crippen molar-refractivity contribution in [2.75, 3.05) is 27.7 Å². The van der Waals surface area contributed by atoms with E-state index in [1.54, 1.807) is 21.1 Å². The number of halogens is 1. The third-order valence-electron chi connectivity index (χ3n) is 3.19. The molecule has 2 rings (SSSR count). The van der Waals surface area contributed by atoms with Crippen LogP contribution in [0.15, 0.2) is 45.9 Å². The minimum atomic E-state index is -0.0287. The van der Waals surface area contributed by atoms with Gasteiger partial charge in [-0.25, -0.2) is 0 Å². The van der Waals surface area contributed by atoms with Crippen LogP contribution in [0, 0.1) is 0 Å². The van der Waals surface area contributed by atoms with Crippen molar-refractivity contribution in [3.05, 3.63) is 42.2 Å². The van der Waals surface area contributed by atoms with Crippen LogP contribution >= 0.6 is 24.0 Å². The highest BCUT2D eigenvalue weighted by molar-refractivity contribution is 14.0. The molecule has 0 aliphatic heterocycles. The Kier molecular flexibility index (Phi) is 8.24. The SMILES string of the molecule is CN=C(NCC(=O)N(C)C)NCc1cc(-c2ccccc2)no1.I. The molecule has 1 aromatic heterocycles. The Morgan fingerprint density at radius 3 is 2.58 bits per heavy atom. The lowest BCUT2D eigenvalue weighted by Gasteiger charge is -2.13. The van der Waals surface area contributed by atoms with Gasteiger partial charge in [0.15, 0.2) is 11.7 Å². The highest BCUT2D eigenvalue weighted by Gasteiger charge is 2.08. The lowest BCUT2D eigenvalue weighted by Crippen LogP contribution is -2.42. The van der Waals surface area contributed by atoms with Gasteiger partial charge in [0.05, 0.1) is 13.1 Å². The van der Waals surface area contributed by atoms with Gasteiger partial charge in [-0.2, -0.15) is 0 Å². The number of benzene rings is 1. The summed E-state index contributed by atoms with van der Waals surface area (Å²) < 4.78 is 5.31. The second-order valence-corrected chi connectivity index (χ2v) is 5.11. The number of nitrogens with one attached hydrogen (secondary N) is 2. The summed E-state index contributed by atoms with van der Waals surface area (Å²) in [7, 11) is 5.06. The first-order valence-corrected chi connectivity index (χ1v) is 7.26. The van der Waals surface area contributed by atoms with Crippen LogP contribution in [0.25, 0.3) is 11.3 Å². The normalized spacial score (nSPS) is 10.7. The zero-order chi connectivity index (χ0) is 16.7. The van der Waals surface area contributed by atoms with Crippen molar-refractivity contribution in [2.24, 2.45) is 4.99 Å². The lowest BCUT2D eigenvalue weighted by atomic mass is 10.1. The maximum absolute atomic E-state index is 11.5. The zero-order valence-corrected chi connectivity index (χ0v) is 16.3. The Bertz CT molecular complexity index is 670. The maximum Gasteiger partial charge on any atom is 0.241 e. The number of nitrogens with zero attached hydrogens (tertiary/aromatic N) is 3. The van der Waals surface area contributed by atoms with E-state index < -0.39 is 0 Å². The minimum absolute atomic E-state index is 0. The molecule has 1 heterocycles. The first kappa shape index (κ1) is 19.9. The quantitative estimate of drug-likeness (QED) is 0.418. The van der Waals surface area contributed by atoms with Crippen LogP contribution in [-0.2, 0) is 11.3 Å². The van der Waals surface area contributed by atoms with Crippen LogP contribution < -0.4 is 10.6 Å². The number of rotatable bonds is 5. The highest BCUT2D eigenvalue weighted by Crippen LogP contribution is 2.18. The van der Waals surface area contributed by atoms with Crippen LogP contribution in [0.3, 0.4) is 0 Å². The van der Waals surface area contributed by atoms with E-state index in [1.165, 1.54) is 4.90 Å². The van der Waals surface area contributed by atoms with Gasteiger partial charge in [0, 0.05) is 32.8 Å². The smallest absolute Gasteiger partial charge is 0.241 e. The topological polar surface area (TPSA) is 82.8 Å². The number of aliphatic imine (C=N–C) groups is 1. The first-order chi connectivity index (χ1) is 11.1. The van der Waals surface area contributed by atoms with Crippen LogP contribution in [-0.4, -0.2) is 49.6 Å². The fourth-order valence-electron chi connectivity index (χ4n) is 1.85. The molecule has 0 spiro atoms. The largest absolute Gasteiger partial charge is 0.359 e. The van der Waals surface area contributed by atoms with Gasteiger partial charge >= 0.3 is 0 Å². The molecule has 130 valence electrons. The van der Waals surface area contributed by atoms with Gasteiger partial charge in [-0.1, -0.05) is 35.5 Å². The molecule has 0 aliphatic rings. The molecule has 0 bridgehead atoms. The second kappa shape index (κ2) is 9.91. The van der Waals surface area contributed by atoms with Crippen LogP contribution in [0.2, 0.25) is 0 Å². The predicted molar refractivity (Wildman–Crippen MR) is 104 cm³/mol. The fraction of sp³-hybridized carbons (Fsp3) is 0.312. The van der Waals surface area contributed by atoms with Crippen molar-refractivity contribution >= 4 is 35.8 Å². The first-order valence-electron chi connectivity index (χ1n) is 7.26. The molecule has 1 aromatic carbocycles. The number of hydrogen-bond donors (Lipinski definition) is 2. The summed E-state index contributed by atoms with van der Waals surface area (Å²) in [4.78, 5) is 17.1. The Morgan fingerprint density at radius 2 is 1.96 bits per heavy atom. The summed E-state index contributed by atoms with van der Waals surface area (Å²) in [6.45, 7) is 0.605. The summed E-state index contributed by atoms with van der Waals surface area (Å²) in [5, 5.41) is 10.1. The molecule has 0 atom stereocenters. The lowest BCUT2D eigenvalue weighted by molar-refractivity contribution is -0.127. The number of likely N-dealkylation sites (N-methyl/N-ethyl adjacent to an activating group) is 1. The molecule has 1 amide bonds. The van der Waals surface area contributed by atoms with E-state index >= 15 is 0 Å². The van der Waals surface area contributed by atoms with E-state index in [1.807, 2.05) is 36.4 Å². The minimum Gasteiger partial charge on any atom is -0.359 e. The zero-order valence-electron chi connectivity index (χ0n) is 13.9.